The van der Waals surface area contributed by atoms with Crippen LogP contribution in [0.3, 0.4) is 0 Å². The van der Waals surface area contributed by atoms with Crippen molar-refractivity contribution in [1.82, 2.24) is 34.9 Å². The smallest absolute Gasteiger partial charge is 0.297 e. The third kappa shape index (κ3) is 3.80. The van der Waals surface area contributed by atoms with Crippen molar-refractivity contribution in [2.24, 2.45) is 7.05 Å². The normalized spacial score (nSPS) is 10.9. The van der Waals surface area contributed by atoms with Crippen LogP contribution in [0, 0.1) is 6.92 Å². The van der Waals surface area contributed by atoms with Gasteiger partial charge in [-0.25, -0.2) is 4.68 Å². The van der Waals surface area contributed by atoms with Crippen LogP contribution in [0.4, 0.5) is 0 Å². The fraction of sp³-hybridized carbons (Fsp3) is 0.353. The van der Waals surface area contributed by atoms with E-state index in [1.807, 2.05) is 51.2 Å². The van der Waals surface area contributed by atoms with E-state index in [4.69, 9.17) is 0 Å². The summed E-state index contributed by atoms with van der Waals surface area (Å²) in [6.45, 7) is 4.45. The van der Waals surface area contributed by atoms with E-state index in [0.717, 1.165) is 12.1 Å². The van der Waals surface area contributed by atoms with Crippen LogP contribution < -0.4 is 10.9 Å². The number of carbonyl (C=O) groups is 1. The van der Waals surface area contributed by atoms with E-state index in [1.54, 1.807) is 9.36 Å². The van der Waals surface area contributed by atoms with Gasteiger partial charge in [-0.2, -0.15) is 4.68 Å². The molecule has 9 nitrogen and oxygen atoms in total. The summed E-state index contributed by atoms with van der Waals surface area (Å²) in [4.78, 5) is 24.9. The van der Waals surface area contributed by atoms with Gasteiger partial charge in [-0.1, -0.05) is 36.9 Å². The topological polar surface area (TPSA) is 99.6 Å². The van der Waals surface area contributed by atoms with E-state index < -0.39 is 0 Å². The molecule has 0 fully saturated rings. The lowest BCUT2D eigenvalue weighted by Gasteiger charge is -2.07. The number of nitrogens with one attached hydrogen (secondary N) is 1. The standard InChI is InChI=1S/C17H21N7O2S/c1-4-10-18-14(25)11-27-17-19-20-21-23(17)15-12(2)22(3)24(16(15)26)13-8-6-5-7-9-13/h5-9H,4,10-11H2,1-3H3,(H,18,25). The van der Waals surface area contributed by atoms with Gasteiger partial charge >= 0.3 is 0 Å². The number of nitrogens with zero attached hydrogens (tertiary/aromatic N) is 6. The summed E-state index contributed by atoms with van der Waals surface area (Å²) in [7, 11) is 1.81. The minimum absolute atomic E-state index is 0.0946. The number of hydrogen-bond acceptors (Lipinski definition) is 6. The Balaban J connectivity index is 1.94. The molecular weight excluding hydrogens is 366 g/mol. The molecule has 1 aromatic carbocycles. The quantitative estimate of drug-likeness (QED) is 0.609. The Morgan fingerprint density at radius 2 is 2.00 bits per heavy atom. The van der Waals surface area contributed by atoms with Gasteiger partial charge in [0.05, 0.1) is 17.1 Å². The Morgan fingerprint density at radius 3 is 2.70 bits per heavy atom. The van der Waals surface area contributed by atoms with Gasteiger partial charge in [0, 0.05) is 13.6 Å². The largest absolute Gasteiger partial charge is 0.355 e. The van der Waals surface area contributed by atoms with Crippen LogP contribution in [0.15, 0.2) is 40.3 Å². The Bertz CT molecular complexity index is 991. The van der Waals surface area contributed by atoms with Crippen molar-refractivity contribution >= 4 is 17.7 Å². The second kappa shape index (κ2) is 8.21. The number of rotatable bonds is 7. The number of benzene rings is 1. The molecule has 0 unspecified atom stereocenters. The van der Waals surface area contributed by atoms with E-state index in [-0.39, 0.29) is 17.2 Å². The van der Waals surface area contributed by atoms with E-state index in [2.05, 4.69) is 20.8 Å². The molecule has 0 aliphatic heterocycles. The molecule has 0 saturated heterocycles. The molecule has 0 aliphatic rings. The van der Waals surface area contributed by atoms with Crippen LogP contribution in [0.25, 0.3) is 11.4 Å². The van der Waals surface area contributed by atoms with Gasteiger partial charge in [-0.05, 0) is 35.9 Å². The fourth-order valence-electron chi connectivity index (χ4n) is 2.65. The number of aromatic nitrogens is 6. The van der Waals surface area contributed by atoms with Crippen LogP contribution in [-0.4, -0.2) is 47.8 Å². The summed E-state index contributed by atoms with van der Waals surface area (Å²) in [5.74, 6) is 0.0851. The Morgan fingerprint density at radius 1 is 1.26 bits per heavy atom. The maximum atomic E-state index is 13.1. The van der Waals surface area contributed by atoms with E-state index >= 15 is 0 Å². The van der Waals surface area contributed by atoms with Gasteiger partial charge in [-0.15, -0.1) is 5.10 Å². The predicted molar refractivity (Wildman–Crippen MR) is 102 cm³/mol. The van der Waals surface area contributed by atoms with Crippen molar-refractivity contribution in [3.8, 4) is 11.4 Å². The van der Waals surface area contributed by atoms with Gasteiger partial charge in [0.15, 0.2) is 5.69 Å². The number of thioether (sulfide) groups is 1. The molecule has 1 N–H and O–H groups in total. The lowest BCUT2D eigenvalue weighted by atomic mass is 10.3. The van der Waals surface area contributed by atoms with Gasteiger partial charge in [0.2, 0.25) is 11.1 Å². The number of carbonyl (C=O) groups excluding carboxylic acids is 1. The minimum atomic E-state index is -0.231. The summed E-state index contributed by atoms with van der Waals surface area (Å²) in [5.41, 5.74) is 1.60. The molecule has 3 aromatic rings. The van der Waals surface area contributed by atoms with Gasteiger partial charge in [0.1, 0.15) is 0 Å². The molecule has 0 aliphatic carbocycles. The zero-order valence-corrected chi connectivity index (χ0v) is 16.2. The highest BCUT2D eigenvalue weighted by atomic mass is 32.2. The van der Waals surface area contributed by atoms with Crippen molar-refractivity contribution in [2.75, 3.05) is 12.3 Å². The third-order valence-corrected chi connectivity index (χ3v) is 5.00. The number of hydrogen-bond donors (Lipinski definition) is 1. The third-order valence-electron chi connectivity index (χ3n) is 4.08. The molecule has 142 valence electrons. The molecule has 27 heavy (non-hydrogen) atoms. The van der Waals surface area contributed by atoms with Crippen LogP contribution in [-0.2, 0) is 11.8 Å². The van der Waals surface area contributed by atoms with Crippen LogP contribution in [0.5, 0.6) is 0 Å². The van der Waals surface area contributed by atoms with Gasteiger partial charge in [0.25, 0.3) is 5.56 Å². The molecule has 0 radical (unpaired) electrons. The number of amides is 1. The highest BCUT2D eigenvalue weighted by Gasteiger charge is 2.22. The van der Waals surface area contributed by atoms with Crippen LogP contribution >= 0.6 is 11.8 Å². The van der Waals surface area contributed by atoms with E-state index in [1.165, 1.54) is 16.4 Å². The first-order valence-corrected chi connectivity index (χ1v) is 9.55. The summed E-state index contributed by atoms with van der Waals surface area (Å²) in [6, 6.07) is 9.36. The molecule has 0 saturated carbocycles. The average Bonchev–Trinajstić information content (AvgIpc) is 3.21. The summed E-state index contributed by atoms with van der Waals surface area (Å²) in [5, 5.41) is 14.8. The van der Waals surface area contributed by atoms with Crippen LogP contribution in [0.1, 0.15) is 19.0 Å². The first-order chi connectivity index (χ1) is 13.0. The highest BCUT2D eigenvalue weighted by Crippen LogP contribution is 2.19. The number of para-hydroxylation sites is 1. The Kier molecular flexibility index (Phi) is 5.75. The average molecular weight is 387 g/mol. The lowest BCUT2D eigenvalue weighted by Crippen LogP contribution is -2.26. The van der Waals surface area contributed by atoms with E-state index in [0.29, 0.717) is 23.1 Å². The zero-order chi connectivity index (χ0) is 19.4. The molecule has 0 spiro atoms. The fourth-order valence-corrected chi connectivity index (χ4v) is 3.36. The molecule has 0 bridgehead atoms. The molecule has 10 heteroatoms. The molecule has 2 aromatic heterocycles. The maximum Gasteiger partial charge on any atom is 0.297 e. The predicted octanol–water partition coefficient (Wildman–Crippen LogP) is 1.08. The van der Waals surface area contributed by atoms with Gasteiger partial charge < -0.3 is 5.32 Å². The highest BCUT2D eigenvalue weighted by molar-refractivity contribution is 7.99. The minimum Gasteiger partial charge on any atom is -0.355 e. The molecule has 0 atom stereocenters. The van der Waals surface area contributed by atoms with Crippen molar-refractivity contribution in [3.63, 3.8) is 0 Å². The van der Waals surface area contributed by atoms with Crippen molar-refractivity contribution in [2.45, 2.75) is 25.4 Å². The first-order valence-electron chi connectivity index (χ1n) is 8.56. The summed E-state index contributed by atoms with van der Waals surface area (Å²) >= 11 is 1.19. The Labute approximate surface area is 160 Å². The first kappa shape index (κ1) is 18.9. The van der Waals surface area contributed by atoms with Gasteiger partial charge in [-0.3, -0.25) is 14.3 Å². The SMILES string of the molecule is CCCNC(=O)CSc1nnnn1-c1c(C)n(C)n(-c2ccccc2)c1=O. The monoisotopic (exact) mass is 387 g/mol. The lowest BCUT2D eigenvalue weighted by molar-refractivity contribution is -0.118. The van der Waals surface area contributed by atoms with E-state index in [9.17, 15) is 9.59 Å². The molecule has 1 amide bonds. The second-order valence-corrected chi connectivity index (χ2v) is 6.86. The summed E-state index contributed by atoms with van der Waals surface area (Å²) < 4.78 is 4.72. The van der Waals surface area contributed by atoms with Crippen molar-refractivity contribution in [3.05, 3.63) is 46.4 Å². The van der Waals surface area contributed by atoms with Crippen LogP contribution in [0.2, 0.25) is 0 Å². The Hall–Kier alpha value is -2.88. The second-order valence-electron chi connectivity index (χ2n) is 5.92. The maximum absolute atomic E-state index is 13.1. The number of tetrazole rings is 1. The molecular formula is C17H21N7O2S. The summed E-state index contributed by atoms with van der Waals surface area (Å²) in [6.07, 6.45) is 0.871. The zero-order valence-electron chi connectivity index (χ0n) is 15.4. The molecule has 3 rings (SSSR count). The molecule has 2 heterocycles. The van der Waals surface area contributed by atoms with Crippen molar-refractivity contribution in [1.29, 1.82) is 0 Å². The van der Waals surface area contributed by atoms with Crippen molar-refractivity contribution < 1.29 is 4.79 Å².